The molecule has 0 fully saturated rings. The highest BCUT2D eigenvalue weighted by molar-refractivity contribution is 7.80. The molecule has 2 rings (SSSR count). The van der Waals surface area contributed by atoms with Crippen molar-refractivity contribution in [2.75, 3.05) is 11.6 Å². The van der Waals surface area contributed by atoms with Crippen molar-refractivity contribution in [1.29, 1.82) is 0 Å². The average Bonchev–Trinajstić information content (AvgIpc) is 2.52. The van der Waals surface area contributed by atoms with Crippen LogP contribution in [0, 0.1) is 0 Å². The molecule has 2 aromatic rings. The molecule has 21 heavy (non-hydrogen) atoms. The molecule has 0 atom stereocenters. The summed E-state index contributed by atoms with van der Waals surface area (Å²) in [6.07, 6.45) is 0. The van der Waals surface area contributed by atoms with Crippen molar-refractivity contribution in [2.24, 2.45) is 0 Å². The fourth-order valence-corrected chi connectivity index (χ4v) is 1.97. The molecule has 0 aliphatic carbocycles. The Balaban J connectivity index is 2.17. The summed E-state index contributed by atoms with van der Waals surface area (Å²) in [4.78, 5) is 0. The summed E-state index contributed by atoms with van der Waals surface area (Å²) < 4.78 is 0. The van der Waals surface area contributed by atoms with Gasteiger partial charge in [0.2, 0.25) is 0 Å². The normalized spacial score (nSPS) is 9.76. The summed E-state index contributed by atoms with van der Waals surface area (Å²) in [5, 5.41) is 5.64. The van der Waals surface area contributed by atoms with E-state index in [-0.39, 0.29) is 0 Å². The molecule has 3 nitrogen and oxygen atoms in total. The summed E-state index contributed by atoms with van der Waals surface area (Å²) in [7, 11) is 0. The van der Waals surface area contributed by atoms with E-state index in [2.05, 4.69) is 17.3 Å². The van der Waals surface area contributed by atoms with E-state index in [0.29, 0.717) is 11.7 Å². The Morgan fingerprint density at radius 3 is 1.90 bits per heavy atom. The predicted octanol–water partition coefficient (Wildman–Crippen LogP) is 3.78. The smallest absolute Gasteiger partial charge is 0.185 e. The van der Waals surface area contributed by atoms with Crippen molar-refractivity contribution >= 4 is 28.7 Å². The Kier molecular flexibility index (Phi) is 5.35. The second-order valence-electron chi connectivity index (χ2n) is 4.76. The minimum Gasteiger partial charge on any atom is -0.358 e. The number of thiocarbonyl (C=S) groups is 1. The number of nitrogens with zero attached hydrogens (tertiary/aromatic N) is 1. The maximum atomic E-state index is 5.34. The van der Waals surface area contributed by atoms with Crippen LogP contribution in [0.1, 0.15) is 6.92 Å². The van der Waals surface area contributed by atoms with Gasteiger partial charge in [-0.05, 0) is 43.4 Å². The van der Waals surface area contributed by atoms with Crippen LogP contribution < -0.4 is 15.8 Å². The van der Waals surface area contributed by atoms with Gasteiger partial charge in [0.25, 0.3) is 0 Å². The van der Waals surface area contributed by atoms with Gasteiger partial charge in [-0.2, -0.15) is 0 Å². The summed E-state index contributed by atoms with van der Waals surface area (Å²) >= 11 is 5.34. The second-order valence-corrected chi connectivity index (χ2v) is 5.17. The molecule has 0 aromatic heterocycles. The molecule has 0 aliphatic heterocycles. The Morgan fingerprint density at radius 2 is 1.48 bits per heavy atom. The SMILES string of the molecule is C=C(C)CNC(=S)NN(c1ccccc1)c1ccccc1. The summed E-state index contributed by atoms with van der Waals surface area (Å²) in [6.45, 7) is 6.48. The maximum absolute atomic E-state index is 5.34. The van der Waals surface area contributed by atoms with E-state index < -0.39 is 0 Å². The molecule has 0 aliphatic rings. The number of hydrogen-bond donors (Lipinski definition) is 2. The van der Waals surface area contributed by atoms with Gasteiger partial charge in [0, 0.05) is 6.54 Å². The number of nitrogens with one attached hydrogen (secondary N) is 2. The lowest BCUT2D eigenvalue weighted by Crippen LogP contribution is -2.45. The van der Waals surface area contributed by atoms with Crippen LogP contribution in [0.15, 0.2) is 72.8 Å². The minimum atomic E-state index is 0.561. The summed E-state index contributed by atoms with van der Waals surface area (Å²) in [5.74, 6) is 0. The van der Waals surface area contributed by atoms with Crippen LogP contribution in [0.2, 0.25) is 0 Å². The van der Waals surface area contributed by atoms with E-state index >= 15 is 0 Å². The molecule has 0 amide bonds. The Morgan fingerprint density at radius 1 is 1.00 bits per heavy atom. The molecule has 0 saturated heterocycles. The van der Waals surface area contributed by atoms with Crippen LogP contribution >= 0.6 is 12.2 Å². The molecule has 2 aromatic carbocycles. The Bertz CT molecular complexity index is 556. The molecule has 0 unspecified atom stereocenters. The number of rotatable bonds is 5. The fourth-order valence-electron chi connectivity index (χ4n) is 1.80. The molecular weight excluding hydrogens is 278 g/mol. The van der Waals surface area contributed by atoms with Crippen molar-refractivity contribution in [2.45, 2.75) is 6.92 Å². The molecule has 108 valence electrons. The molecule has 0 heterocycles. The van der Waals surface area contributed by atoms with Crippen molar-refractivity contribution in [3.63, 3.8) is 0 Å². The number of para-hydroxylation sites is 2. The summed E-state index contributed by atoms with van der Waals surface area (Å²) in [6, 6.07) is 20.1. The van der Waals surface area contributed by atoms with Gasteiger partial charge < -0.3 is 5.32 Å². The first-order valence-corrected chi connectivity index (χ1v) is 7.17. The maximum Gasteiger partial charge on any atom is 0.185 e. The van der Waals surface area contributed by atoms with Gasteiger partial charge in [-0.25, -0.2) is 0 Å². The van der Waals surface area contributed by atoms with Crippen LogP contribution in [0.5, 0.6) is 0 Å². The summed E-state index contributed by atoms with van der Waals surface area (Å²) in [5.41, 5.74) is 6.28. The third-order valence-corrected chi connectivity index (χ3v) is 3.03. The molecule has 0 spiro atoms. The van der Waals surface area contributed by atoms with Gasteiger partial charge in [-0.15, -0.1) is 0 Å². The zero-order valence-electron chi connectivity index (χ0n) is 12.0. The van der Waals surface area contributed by atoms with Crippen LogP contribution in [0.4, 0.5) is 11.4 Å². The Labute approximate surface area is 131 Å². The van der Waals surface area contributed by atoms with Gasteiger partial charge in [0.1, 0.15) is 0 Å². The standard InChI is InChI=1S/C17H19N3S/c1-14(2)13-18-17(21)19-20(15-9-5-3-6-10-15)16-11-7-4-8-12-16/h3-12H,1,13H2,2H3,(H2,18,19,21). The number of anilines is 2. The van der Waals surface area contributed by atoms with E-state index in [1.54, 1.807) is 0 Å². The molecule has 0 saturated carbocycles. The Hall–Kier alpha value is -2.33. The minimum absolute atomic E-state index is 0.561. The first kappa shape index (κ1) is 15.1. The van der Waals surface area contributed by atoms with E-state index in [1.165, 1.54) is 0 Å². The molecule has 2 N–H and O–H groups in total. The predicted molar refractivity (Wildman–Crippen MR) is 93.6 cm³/mol. The highest BCUT2D eigenvalue weighted by Gasteiger charge is 2.09. The van der Waals surface area contributed by atoms with Gasteiger partial charge in [0.05, 0.1) is 11.4 Å². The quantitative estimate of drug-likeness (QED) is 0.499. The number of benzene rings is 2. The van der Waals surface area contributed by atoms with E-state index in [0.717, 1.165) is 16.9 Å². The zero-order valence-corrected chi connectivity index (χ0v) is 12.9. The lowest BCUT2D eigenvalue weighted by atomic mass is 10.2. The highest BCUT2D eigenvalue weighted by Crippen LogP contribution is 2.22. The van der Waals surface area contributed by atoms with Crippen molar-refractivity contribution in [3.8, 4) is 0 Å². The average molecular weight is 297 g/mol. The van der Waals surface area contributed by atoms with Gasteiger partial charge in [-0.1, -0.05) is 48.6 Å². The van der Waals surface area contributed by atoms with Crippen molar-refractivity contribution in [1.82, 2.24) is 10.7 Å². The van der Waals surface area contributed by atoms with E-state index in [1.807, 2.05) is 72.6 Å². The first-order chi connectivity index (χ1) is 10.2. The van der Waals surface area contributed by atoms with E-state index in [9.17, 15) is 0 Å². The molecule has 4 heteroatoms. The van der Waals surface area contributed by atoms with Gasteiger partial charge in [-0.3, -0.25) is 10.4 Å². The fraction of sp³-hybridized carbons (Fsp3) is 0.118. The van der Waals surface area contributed by atoms with Crippen LogP contribution in [-0.4, -0.2) is 11.7 Å². The van der Waals surface area contributed by atoms with Crippen LogP contribution in [0.25, 0.3) is 0 Å². The topological polar surface area (TPSA) is 27.3 Å². The third-order valence-electron chi connectivity index (χ3n) is 2.79. The van der Waals surface area contributed by atoms with Crippen LogP contribution in [0.3, 0.4) is 0 Å². The monoisotopic (exact) mass is 297 g/mol. The molecule has 0 bridgehead atoms. The molecule has 0 radical (unpaired) electrons. The second kappa shape index (κ2) is 7.45. The highest BCUT2D eigenvalue weighted by atomic mass is 32.1. The zero-order chi connectivity index (χ0) is 15.1. The first-order valence-electron chi connectivity index (χ1n) is 6.76. The largest absolute Gasteiger partial charge is 0.358 e. The van der Waals surface area contributed by atoms with Crippen molar-refractivity contribution in [3.05, 3.63) is 72.8 Å². The van der Waals surface area contributed by atoms with Crippen LogP contribution in [-0.2, 0) is 0 Å². The van der Waals surface area contributed by atoms with Crippen molar-refractivity contribution < 1.29 is 0 Å². The van der Waals surface area contributed by atoms with Gasteiger partial charge >= 0.3 is 0 Å². The van der Waals surface area contributed by atoms with Gasteiger partial charge in [0.15, 0.2) is 5.11 Å². The molecular formula is C17H19N3S. The van der Waals surface area contributed by atoms with E-state index in [4.69, 9.17) is 12.2 Å². The third kappa shape index (κ3) is 4.61. The number of hydrogen-bond acceptors (Lipinski definition) is 2. The lowest BCUT2D eigenvalue weighted by molar-refractivity contribution is 0.873. The lowest BCUT2D eigenvalue weighted by Gasteiger charge is -2.27. The number of hydrazine groups is 1.